The zero-order chi connectivity index (χ0) is 14.7. The Kier molecular flexibility index (Phi) is 5.23. The van der Waals surface area contributed by atoms with Crippen LogP contribution in [0.15, 0.2) is 49.8 Å². The molecule has 6 heteroatoms. The number of halogens is 3. The SMILES string of the molecule is N=C(N)c1ccccc1COc1c(Br)cc(Br)cc1Br. The molecular formula is C14H11Br3N2O. The lowest BCUT2D eigenvalue weighted by Gasteiger charge is -2.13. The summed E-state index contributed by atoms with van der Waals surface area (Å²) in [6.45, 7) is 0.342. The van der Waals surface area contributed by atoms with Gasteiger partial charge in [0.15, 0.2) is 0 Å². The molecule has 0 bridgehead atoms. The Morgan fingerprint density at radius 2 is 1.70 bits per heavy atom. The van der Waals surface area contributed by atoms with E-state index in [-0.39, 0.29) is 5.84 Å². The van der Waals surface area contributed by atoms with Crippen LogP contribution in [-0.2, 0) is 6.61 Å². The molecule has 0 spiro atoms. The Morgan fingerprint density at radius 3 is 2.30 bits per heavy atom. The lowest BCUT2D eigenvalue weighted by molar-refractivity contribution is 0.302. The van der Waals surface area contributed by atoms with Crippen molar-refractivity contribution < 1.29 is 4.74 Å². The van der Waals surface area contributed by atoms with Gasteiger partial charge in [-0.25, -0.2) is 0 Å². The predicted molar refractivity (Wildman–Crippen MR) is 91.3 cm³/mol. The fourth-order valence-corrected chi connectivity index (χ4v) is 4.21. The van der Waals surface area contributed by atoms with E-state index in [9.17, 15) is 0 Å². The molecule has 20 heavy (non-hydrogen) atoms. The second kappa shape index (κ2) is 6.74. The monoisotopic (exact) mass is 460 g/mol. The molecule has 0 heterocycles. The quantitative estimate of drug-likeness (QED) is 0.504. The maximum absolute atomic E-state index is 7.57. The molecule has 3 nitrogen and oxygen atoms in total. The third-order valence-corrected chi connectivity index (χ3v) is 4.28. The fourth-order valence-electron chi connectivity index (χ4n) is 1.73. The molecule has 0 aliphatic rings. The van der Waals surface area contributed by atoms with E-state index in [0.717, 1.165) is 19.0 Å². The number of amidine groups is 1. The Morgan fingerprint density at radius 1 is 1.10 bits per heavy atom. The molecule has 3 N–H and O–H groups in total. The van der Waals surface area contributed by atoms with Crippen molar-refractivity contribution >= 4 is 53.6 Å². The summed E-state index contributed by atoms with van der Waals surface area (Å²) < 4.78 is 8.48. The topological polar surface area (TPSA) is 59.1 Å². The summed E-state index contributed by atoms with van der Waals surface area (Å²) >= 11 is 10.3. The first-order valence-electron chi connectivity index (χ1n) is 5.68. The lowest BCUT2D eigenvalue weighted by atomic mass is 10.1. The van der Waals surface area contributed by atoms with E-state index < -0.39 is 0 Å². The average molecular weight is 463 g/mol. The van der Waals surface area contributed by atoms with Crippen LogP contribution in [0.5, 0.6) is 5.75 Å². The van der Waals surface area contributed by atoms with E-state index in [2.05, 4.69) is 47.8 Å². The standard InChI is InChI=1S/C14H11Br3N2O/c15-9-5-11(16)13(12(17)6-9)20-7-8-3-1-2-4-10(8)14(18)19/h1-6H,7H2,(H3,18,19). The van der Waals surface area contributed by atoms with Crippen molar-refractivity contribution in [1.82, 2.24) is 0 Å². The Hall–Kier alpha value is -0.850. The molecule has 0 amide bonds. The molecular weight excluding hydrogens is 452 g/mol. The van der Waals surface area contributed by atoms with Gasteiger partial charge in [-0.1, -0.05) is 40.2 Å². The molecule has 0 fully saturated rings. The van der Waals surface area contributed by atoms with Crippen LogP contribution >= 0.6 is 47.8 Å². The van der Waals surface area contributed by atoms with Crippen LogP contribution in [0.2, 0.25) is 0 Å². The molecule has 0 aliphatic heterocycles. The normalized spacial score (nSPS) is 10.3. The van der Waals surface area contributed by atoms with Gasteiger partial charge < -0.3 is 10.5 Å². The summed E-state index contributed by atoms with van der Waals surface area (Å²) in [6.07, 6.45) is 0. The predicted octanol–water partition coefficient (Wildman–Crippen LogP) is 4.84. The molecule has 0 unspecified atom stereocenters. The average Bonchev–Trinajstić information content (AvgIpc) is 2.37. The number of hydrogen-bond donors (Lipinski definition) is 2. The molecule has 0 saturated heterocycles. The second-order valence-corrected chi connectivity index (χ2v) is 6.68. The molecule has 0 aliphatic carbocycles. The Bertz CT molecular complexity index is 636. The molecule has 0 saturated carbocycles. The second-order valence-electron chi connectivity index (χ2n) is 4.06. The van der Waals surface area contributed by atoms with E-state index in [1.807, 2.05) is 36.4 Å². The minimum Gasteiger partial charge on any atom is -0.487 e. The van der Waals surface area contributed by atoms with Gasteiger partial charge in [0.25, 0.3) is 0 Å². The number of nitrogens with one attached hydrogen (secondary N) is 1. The summed E-state index contributed by atoms with van der Waals surface area (Å²) in [7, 11) is 0. The van der Waals surface area contributed by atoms with Crippen LogP contribution in [0.3, 0.4) is 0 Å². The van der Waals surface area contributed by atoms with Crippen LogP contribution in [0.25, 0.3) is 0 Å². The van der Waals surface area contributed by atoms with Gasteiger partial charge in [0.2, 0.25) is 0 Å². The summed E-state index contributed by atoms with van der Waals surface area (Å²) in [5.41, 5.74) is 7.13. The smallest absolute Gasteiger partial charge is 0.148 e. The zero-order valence-corrected chi connectivity index (χ0v) is 15.0. The number of ether oxygens (including phenoxy) is 1. The Balaban J connectivity index is 2.24. The molecule has 0 radical (unpaired) electrons. The first kappa shape index (κ1) is 15.5. The third-order valence-electron chi connectivity index (χ3n) is 2.64. The van der Waals surface area contributed by atoms with Crippen molar-refractivity contribution in [2.24, 2.45) is 5.73 Å². The van der Waals surface area contributed by atoms with E-state index in [0.29, 0.717) is 17.9 Å². The van der Waals surface area contributed by atoms with Gasteiger partial charge in [-0.05, 0) is 44.0 Å². The molecule has 2 aromatic rings. The first-order chi connectivity index (χ1) is 9.49. The Labute approximate surface area is 142 Å². The lowest BCUT2D eigenvalue weighted by Crippen LogP contribution is -2.14. The van der Waals surface area contributed by atoms with Gasteiger partial charge in [-0.3, -0.25) is 5.41 Å². The van der Waals surface area contributed by atoms with Gasteiger partial charge in [-0.2, -0.15) is 0 Å². The molecule has 0 aromatic heterocycles. The molecule has 104 valence electrons. The molecule has 0 atom stereocenters. The largest absolute Gasteiger partial charge is 0.487 e. The minimum atomic E-state index is 0.0399. The van der Waals surface area contributed by atoms with Crippen molar-refractivity contribution in [2.45, 2.75) is 6.61 Å². The number of nitrogens with two attached hydrogens (primary N) is 1. The maximum Gasteiger partial charge on any atom is 0.148 e. The number of rotatable bonds is 4. The summed E-state index contributed by atoms with van der Waals surface area (Å²) in [6, 6.07) is 11.3. The third kappa shape index (κ3) is 3.62. The van der Waals surface area contributed by atoms with Crippen LogP contribution < -0.4 is 10.5 Å². The van der Waals surface area contributed by atoms with E-state index in [4.69, 9.17) is 15.9 Å². The van der Waals surface area contributed by atoms with E-state index in [1.54, 1.807) is 0 Å². The zero-order valence-electron chi connectivity index (χ0n) is 10.3. The fraction of sp³-hybridized carbons (Fsp3) is 0.0714. The van der Waals surface area contributed by atoms with Crippen LogP contribution in [0, 0.1) is 5.41 Å². The van der Waals surface area contributed by atoms with Gasteiger partial charge >= 0.3 is 0 Å². The number of nitrogen functional groups attached to an aromatic ring is 1. The van der Waals surface area contributed by atoms with Crippen molar-refractivity contribution in [3.63, 3.8) is 0 Å². The molecule has 2 rings (SSSR count). The highest BCUT2D eigenvalue weighted by molar-refractivity contribution is 9.11. The minimum absolute atomic E-state index is 0.0399. The number of hydrogen-bond acceptors (Lipinski definition) is 2. The highest BCUT2D eigenvalue weighted by Gasteiger charge is 2.10. The van der Waals surface area contributed by atoms with Crippen molar-refractivity contribution in [3.05, 3.63) is 60.9 Å². The van der Waals surface area contributed by atoms with Gasteiger partial charge in [-0.15, -0.1) is 0 Å². The van der Waals surface area contributed by atoms with Gasteiger partial charge in [0.1, 0.15) is 18.2 Å². The molecule has 2 aromatic carbocycles. The summed E-state index contributed by atoms with van der Waals surface area (Å²) in [4.78, 5) is 0. The van der Waals surface area contributed by atoms with Crippen LogP contribution in [-0.4, -0.2) is 5.84 Å². The van der Waals surface area contributed by atoms with Crippen molar-refractivity contribution in [2.75, 3.05) is 0 Å². The summed E-state index contributed by atoms with van der Waals surface area (Å²) in [5, 5.41) is 7.57. The van der Waals surface area contributed by atoms with Crippen molar-refractivity contribution in [1.29, 1.82) is 5.41 Å². The highest BCUT2D eigenvalue weighted by Crippen LogP contribution is 2.36. The van der Waals surface area contributed by atoms with E-state index >= 15 is 0 Å². The maximum atomic E-state index is 7.57. The van der Waals surface area contributed by atoms with Gasteiger partial charge in [0.05, 0.1) is 8.95 Å². The van der Waals surface area contributed by atoms with Crippen molar-refractivity contribution in [3.8, 4) is 5.75 Å². The summed E-state index contributed by atoms with van der Waals surface area (Å²) in [5.74, 6) is 0.754. The highest BCUT2D eigenvalue weighted by atomic mass is 79.9. The number of benzene rings is 2. The van der Waals surface area contributed by atoms with Gasteiger partial charge in [0, 0.05) is 15.6 Å². The van der Waals surface area contributed by atoms with E-state index in [1.165, 1.54) is 0 Å². The van der Waals surface area contributed by atoms with Crippen LogP contribution in [0.4, 0.5) is 0 Å². The van der Waals surface area contributed by atoms with Crippen LogP contribution in [0.1, 0.15) is 11.1 Å². The first-order valence-corrected chi connectivity index (χ1v) is 8.06.